The van der Waals surface area contributed by atoms with Crippen molar-refractivity contribution in [3.8, 4) is 0 Å². The molecule has 0 aromatic heterocycles. The third-order valence-electron chi connectivity index (χ3n) is 4.14. The first-order valence-electron chi connectivity index (χ1n) is 8.55. The van der Waals surface area contributed by atoms with Crippen molar-refractivity contribution >= 4 is 0 Å². The molecule has 0 fully saturated rings. The maximum Gasteiger partial charge on any atom is -0.00219 e. The van der Waals surface area contributed by atoms with Crippen molar-refractivity contribution in [3.63, 3.8) is 0 Å². The zero-order chi connectivity index (χ0) is 14.5. The Morgan fingerprint density at radius 3 is 1.90 bits per heavy atom. The van der Waals surface area contributed by atoms with Crippen LogP contribution in [0.4, 0.5) is 0 Å². The van der Waals surface area contributed by atoms with Crippen LogP contribution < -0.4 is 0 Å². The van der Waals surface area contributed by atoms with Gasteiger partial charge in [-0.15, -0.1) is 0 Å². The molecule has 1 nitrogen and oxygen atoms in total. The summed E-state index contributed by atoms with van der Waals surface area (Å²) in [5.74, 6) is 0. The maximum atomic E-state index is 2.41. The second-order valence-corrected chi connectivity index (χ2v) is 5.96. The third kappa shape index (κ3) is 9.14. The van der Waals surface area contributed by atoms with Crippen LogP contribution in [0.25, 0.3) is 0 Å². The highest BCUT2D eigenvalue weighted by atomic mass is 15.1. The molecular weight excluding hydrogens is 242 g/mol. The van der Waals surface area contributed by atoms with E-state index in [1.165, 1.54) is 76.4 Å². The van der Waals surface area contributed by atoms with Crippen LogP contribution in [0.15, 0.2) is 30.3 Å². The maximum absolute atomic E-state index is 2.41. The molecule has 0 aliphatic rings. The van der Waals surface area contributed by atoms with Crippen LogP contribution in [0, 0.1) is 0 Å². The van der Waals surface area contributed by atoms with Crippen molar-refractivity contribution in [2.75, 3.05) is 20.1 Å². The Bertz CT molecular complexity index is 307. The van der Waals surface area contributed by atoms with Gasteiger partial charge in [-0.1, -0.05) is 75.8 Å². The molecule has 0 heterocycles. The van der Waals surface area contributed by atoms with Crippen molar-refractivity contribution < 1.29 is 0 Å². The number of hydrogen-bond acceptors (Lipinski definition) is 1. The van der Waals surface area contributed by atoms with Crippen molar-refractivity contribution in [2.24, 2.45) is 0 Å². The van der Waals surface area contributed by atoms with Crippen molar-refractivity contribution in [2.45, 2.75) is 64.7 Å². The van der Waals surface area contributed by atoms with Crippen LogP contribution in [0.1, 0.15) is 63.9 Å². The second kappa shape index (κ2) is 12.0. The van der Waals surface area contributed by atoms with E-state index in [2.05, 4.69) is 49.2 Å². The summed E-state index contributed by atoms with van der Waals surface area (Å²) < 4.78 is 0. The monoisotopic (exact) mass is 275 g/mol. The van der Waals surface area contributed by atoms with E-state index >= 15 is 0 Å². The molecule has 0 N–H and O–H groups in total. The summed E-state index contributed by atoms with van der Waals surface area (Å²) in [4.78, 5) is 2.41. The second-order valence-electron chi connectivity index (χ2n) is 5.96. The molecule has 1 aromatic carbocycles. The molecule has 0 spiro atoms. The van der Waals surface area contributed by atoms with Crippen molar-refractivity contribution in [3.05, 3.63) is 35.9 Å². The first kappa shape index (κ1) is 17.2. The minimum atomic E-state index is 1.18. The summed E-state index contributed by atoms with van der Waals surface area (Å²) in [5, 5.41) is 0. The summed E-state index contributed by atoms with van der Waals surface area (Å²) in [6.07, 6.45) is 12.5. The zero-order valence-electron chi connectivity index (χ0n) is 13.6. The molecule has 0 bridgehead atoms. The number of unbranched alkanes of at least 4 members (excludes halogenated alkanes) is 7. The van der Waals surface area contributed by atoms with E-state index in [0.717, 1.165) is 0 Å². The quantitative estimate of drug-likeness (QED) is 0.468. The minimum absolute atomic E-state index is 1.18. The van der Waals surface area contributed by atoms with Gasteiger partial charge in [0, 0.05) is 0 Å². The number of rotatable bonds is 12. The van der Waals surface area contributed by atoms with E-state index in [4.69, 9.17) is 0 Å². The van der Waals surface area contributed by atoms with E-state index in [9.17, 15) is 0 Å². The summed E-state index contributed by atoms with van der Waals surface area (Å²) >= 11 is 0. The lowest BCUT2D eigenvalue weighted by atomic mass is 10.0. The van der Waals surface area contributed by atoms with Crippen LogP contribution in [0.3, 0.4) is 0 Å². The first-order chi connectivity index (χ1) is 9.83. The highest BCUT2D eigenvalue weighted by molar-refractivity contribution is 5.14. The van der Waals surface area contributed by atoms with Gasteiger partial charge < -0.3 is 4.90 Å². The van der Waals surface area contributed by atoms with E-state index in [-0.39, 0.29) is 0 Å². The molecule has 0 unspecified atom stereocenters. The third-order valence-corrected chi connectivity index (χ3v) is 4.14. The molecule has 1 rings (SSSR count). The van der Waals surface area contributed by atoms with Gasteiger partial charge in [0.2, 0.25) is 0 Å². The topological polar surface area (TPSA) is 3.24 Å². The number of benzene rings is 1. The number of aryl methyl sites for hydroxylation is 1. The zero-order valence-corrected chi connectivity index (χ0v) is 13.6. The minimum Gasteiger partial charge on any atom is -0.307 e. The highest BCUT2D eigenvalue weighted by Gasteiger charge is 1.96. The predicted molar refractivity (Wildman–Crippen MR) is 90.3 cm³/mol. The van der Waals surface area contributed by atoms with Crippen LogP contribution in [0.5, 0.6) is 0 Å². The summed E-state index contributed by atoms with van der Waals surface area (Å²) in [7, 11) is 2.22. The Kier molecular flexibility index (Phi) is 10.3. The first-order valence-corrected chi connectivity index (χ1v) is 8.55. The fraction of sp³-hybridized carbons (Fsp3) is 0.684. The lowest BCUT2D eigenvalue weighted by Crippen LogP contribution is -2.18. The summed E-state index contributed by atoms with van der Waals surface area (Å²) in [5.41, 5.74) is 1.49. The SMILES string of the molecule is CCN(C)CCCCCCCCCCc1ccccc1. The van der Waals surface area contributed by atoms with E-state index < -0.39 is 0 Å². The molecule has 1 heteroatoms. The predicted octanol–water partition coefficient (Wildman–Crippen LogP) is 5.30. The molecule has 0 atom stereocenters. The van der Waals surface area contributed by atoms with Crippen LogP contribution in [-0.2, 0) is 6.42 Å². The van der Waals surface area contributed by atoms with Crippen molar-refractivity contribution in [1.82, 2.24) is 4.90 Å². The molecule has 0 aliphatic carbocycles. The fourth-order valence-electron chi connectivity index (χ4n) is 2.57. The molecule has 1 aromatic rings. The highest BCUT2D eigenvalue weighted by Crippen LogP contribution is 2.11. The van der Waals surface area contributed by atoms with E-state index in [1.54, 1.807) is 0 Å². The Morgan fingerprint density at radius 1 is 0.750 bits per heavy atom. The molecule has 0 aliphatic heterocycles. The normalized spacial score (nSPS) is 11.2. The van der Waals surface area contributed by atoms with Gasteiger partial charge in [0.05, 0.1) is 0 Å². The molecule has 0 saturated carbocycles. The van der Waals surface area contributed by atoms with Gasteiger partial charge in [0.15, 0.2) is 0 Å². The molecular formula is C19H33N. The average Bonchev–Trinajstić information content (AvgIpc) is 2.50. The van der Waals surface area contributed by atoms with Gasteiger partial charge in [0.1, 0.15) is 0 Å². The Hall–Kier alpha value is -0.820. The molecule has 114 valence electrons. The molecule has 0 saturated heterocycles. The van der Waals surface area contributed by atoms with Crippen LogP contribution >= 0.6 is 0 Å². The van der Waals surface area contributed by atoms with Crippen LogP contribution in [0.2, 0.25) is 0 Å². The van der Waals surface area contributed by atoms with Gasteiger partial charge in [-0.2, -0.15) is 0 Å². The Labute approximate surface area is 126 Å². The van der Waals surface area contributed by atoms with Gasteiger partial charge in [-0.3, -0.25) is 0 Å². The van der Waals surface area contributed by atoms with Gasteiger partial charge in [-0.25, -0.2) is 0 Å². The van der Waals surface area contributed by atoms with Crippen LogP contribution in [-0.4, -0.2) is 25.0 Å². The molecule has 0 amide bonds. The lowest BCUT2D eigenvalue weighted by molar-refractivity contribution is 0.340. The van der Waals surface area contributed by atoms with E-state index in [1.807, 2.05) is 0 Å². The Morgan fingerprint density at radius 2 is 1.30 bits per heavy atom. The van der Waals surface area contributed by atoms with E-state index in [0.29, 0.717) is 0 Å². The largest absolute Gasteiger partial charge is 0.307 e. The number of hydrogen-bond donors (Lipinski definition) is 0. The van der Waals surface area contributed by atoms with Gasteiger partial charge in [-0.05, 0) is 45.0 Å². The summed E-state index contributed by atoms with van der Waals surface area (Å²) in [6, 6.07) is 10.9. The standard InChI is InChI=1S/C19H33N/c1-3-20(2)18-14-9-7-5-4-6-8-11-15-19-16-12-10-13-17-19/h10,12-13,16-17H,3-9,11,14-15,18H2,1-2H3. The lowest BCUT2D eigenvalue weighted by Gasteiger charge is -2.12. The van der Waals surface area contributed by atoms with Gasteiger partial charge in [0.25, 0.3) is 0 Å². The molecule has 0 radical (unpaired) electrons. The van der Waals surface area contributed by atoms with Gasteiger partial charge >= 0.3 is 0 Å². The summed E-state index contributed by atoms with van der Waals surface area (Å²) in [6.45, 7) is 4.68. The Balaban J connectivity index is 1.81. The average molecular weight is 275 g/mol. The molecule has 20 heavy (non-hydrogen) atoms. The smallest absolute Gasteiger partial charge is 0.00219 e. The number of nitrogens with zero attached hydrogens (tertiary/aromatic N) is 1. The fourth-order valence-corrected chi connectivity index (χ4v) is 2.57. The van der Waals surface area contributed by atoms with Crippen molar-refractivity contribution in [1.29, 1.82) is 0 Å².